The van der Waals surface area contributed by atoms with E-state index in [1.807, 2.05) is 31.2 Å². The quantitative estimate of drug-likeness (QED) is 0.889. The van der Waals surface area contributed by atoms with E-state index in [1.54, 1.807) is 6.07 Å². The zero-order valence-corrected chi connectivity index (χ0v) is 11.3. The van der Waals surface area contributed by atoms with Gasteiger partial charge in [-0.05, 0) is 36.2 Å². The van der Waals surface area contributed by atoms with Crippen LogP contribution in [-0.4, -0.2) is 11.7 Å². The van der Waals surface area contributed by atoms with E-state index in [0.717, 1.165) is 11.1 Å². The Morgan fingerprint density at radius 1 is 1.26 bits per heavy atom. The highest BCUT2D eigenvalue weighted by Crippen LogP contribution is 2.21. The first-order chi connectivity index (χ1) is 9.08. The third kappa shape index (κ3) is 3.46. The van der Waals surface area contributed by atoms with Crippen LogP contribution in [0.3, 0.4) is 0 Å². The third-order valence-electron chi connectivity index (χ3n) is 2.97. The fourth-order valence-corrected chi connectivity index (χ4v) is 2.07. The second kappa shape index (κ2) is 6.04. The SMILES string of the molecule is Cc1ccccc1C(O)CNc1ccc(F)c(Cl)c1. The zero-order valence-electron chi connectivity index (χ0n) is 10.5. The number of aryl methyl sites for hydroxylation is 1. The Bertz CT molecular complexity index is 574. The molecule has 1 unspecified atom stereocenters. The van der Waals surface area contributed by atoms with Gasteiger partial charge in [-0.25, -0.2) is 4.39 Å². The van der Waals surface area contributed by atoms with Crippen LogP contribution >= 0.6 is 11.6 Å². The number of halogens is 2. The van der Waals surface area contributed by atoms with Crippen LogP contribution in [0.5, 0.6) is 0 Å². The molecule has 0 fully saturated rings. The summed E-state index contributed by atoms with van der Waals surface area (Å²) in [6.45, 7) is 2.29. The monoisotopic (exact) mass is 279 g/mol. The lowest BCUT2D eigenvalue weighted by Gasteiger charge is -2.15. The molecule has 0 radical (unpaired) electrons. The average molecular weight is 280 g/mol. The third-order valence-corrected chi connectivity index (χ3v) is 3.26. The van der Waals surface area contributed by atoms with Crippen molar-refractivity contribution >= 4 is 17.3 Å². The van der Waals surface area contributed by atoms with Crippen molar-refractivity contribution in [2.24, 2.45) is 0 Å². The van der Waals surface area contributed by atoms with Crippen molar-refractivity contribution in [3.8, 4) is 0 Å². The van der Waals surface area contributed by atoms with E-state index in [4.69, 9.17) is 11.6 Å². The Labute approximate surface area is 116 Å². The molecule has 100 valence electrons. The molecule has 2 aromatic carbocycles. The molecular formula is C15H15ClFNO. The van der Waals surface area contributed by atoms with Crippen molar-refractivity contribution in [2.45, 2.75) is 13.0 Å². The predicted molar refractivity (Wildman–Crippen MR) is 76.0 cm³/mol. The minimum atomic E-state index is -0.620. The molecule has 1 atom stereocenters. The first-order valence-electron chi connectivity index (χ1n) is 6.00. The van der Waals surface area contributed by atoms with Gasteiger partial charge in [-0.15, -0.1) is 0 Å². The van der Waals surface area contributed by atoms with Crippen LogP contribution in [0.1, 0.15) is 17.2 Å². The molecule has 0 aliphatic carbocycles. The Kier molecular flexibility index (Phi) is 4.40. The van der Waals surface area contributed by atoms with Gasteiger partial charge in [0.15, 0.2) is 0 Å². The summed E-state index contributed by atoms with van der Waals surface area (Å²) in [4.78, 5) is 0. The fourth-order valence-electron chi connectivity index (χ4n) is 1.89. The molecule has 0 heterocycles. The van der Waals surface area contributed by atoms with E-state index in [2.05, 4.69) is 5.32 Å². The maximum Gasteiger partial charge on any atom is 0.141 e. The lowest BCUT2D eigenvalue weighted by Crippen LogP contribution is -2.13. The Balaban J connectivity index is 2.02. The molecule has 4 heteroatoms. The second-order valence-electron chi connectivity index (χ2n) is 4.38. The molecule has 19 heavy (non-hydrogen) atoms. The van der Waals surface area contributed by atoms with Gasteiger partial charge < -0.3 is 10.4 Å². The molecule has 0 aromatic heterocycles. The smallest absolute Gasteiger partial charge is 0.141 e. The van der Waals surface area contributed by atoms with Crippen LogP contribution in [0.25, 0.3) is 0 Å². The first kappa shape index (κ1) is 13.8. The highest BCUT2D eigenvalue weighted by molar-refractivity contribution is 6.31. The Morgan fingerprint density at radius 3 is 2.68 bits per heavy atom. The molecule has 0 saturated carbocycles. The summed E-state index contributed by atoms with van der Waals surface area (Å²) in [7, 11) is 0. The van der Waals surface area contributed by atoms with Crippen molar-refractivity contribution in [3.63, 3.8) is 0 Å². The van der Waals surface area contributed by atoms with Crippen LogP contribution in [-0.2, 0) is 0 Å². The standard InChI is InChI=1S/C15H15ClFNO/c1-10-4-2-3-5-12(10)15(19)9-18-11-6-7-14(17)13(16)8-11/h2-8,15,18-19H,9H2,1H3. The van der Waals surface area contributed by atoms with Gasteiger partial charge in [-0.3, -0.25) is 0 Å². The summed E-state index contributed by atoms with van der Waals surface area (Å²) in [6.07, 6.45) is -0.620. The van der Waals surface area contributed by atoms with Crippen LogP contribution in [0.2, 0.25) is 5.02 Å². The lowest BCUT2D eigenvalue weighted by molar-refractivity contribution is 0.191. The highest BCUT2D eigenvalue weighted by Gasteiger charge is 2.09. The van der Waals surface area contributed by atoms with Crippen LogP contribution in [0.15, 0.2) is 42.5 Å². The molecule has 2 nitrogen and oxygen atoms in total. The molecule has 0 aliphatic heterocycles. The normalized spacial score (nSPS) is 12.2. The van der Waals surface area contributed by atoms with Crippen LogP contribution in [0, 0.1) is 12.7 Å². The van der Waals surface area contributed by atoms with Crippen molar-refractivity contribution in [1.82, 2.24) is 0 Å². The summed E-state index contributed by atoms with van der Waals surface area (Å²) < 4.78 is 13.0. The zero-order chi connectivity index (χ0) is 13.8. The van der Waals surface area contributed by atoms with E-state index in [-0.39, 0.29) is 5.02 Å². The largest absolute Gasteiger partial charge is 0.387 e. The summed E-state index contributed by atoms with van der Waals surface area (Å²) in [5.41, 5.74) is 2.59. The maximum atomic E-state index is 13.0. The van der Waals surface area contributed by atoms with Gasteiger partial charge in [-0.2, -0.15) is 0 Å². The highest BCUT2D eigenvalue weighted by atomic mass is 35.5. The lowest BCUT2D eigenvalue weighted by atomic mass is 10.0. The molecule has 2 N–H and O–H groups in total. The predicted octanol–water partition coefficient (Wildman–Crippen LogP) is 3.93. The molecule has 0 bridgehead atoms. The molecule has 0 aliphatic rings. The van der Waals surface area contributed by atoms with Gasteiger partial charge in [-0.1, -0.05) is 35.9 Å². The summed E-state index contributed by atoms with van der Waals surface area (Å²) in [6, 6.07) is 12.0. The molecule has 2 aromatic rings. The van der Waals surface area contributed by atoms with E-state index < -0.39 is 11.9 Å². The van der Waals surface area contributed by atoms with Crippen molar-refractivity contribution < 1.29 is 9.50 Å². The first-order valence-corrected chi connectivity index (χ1v) is 6.38. The number of aliphatic hydroxyl groups excluding tert-OH is 1. The van der Waals surface area contributed by atoms with Crippen LogP contribution in [0.4, 0.5) is 10.1 Å². The van der Waals surface area contributed by atoms with Gasteiger partial charge in [0.25, 0.3) is 0 Å². The van der Waals surface area contributed by atoms with Gasteiger partial charge in [0.2, 0.25) is 0 Å². The summed E-state index contributed by atoms with van der Waals surface area (Å²) in [5, 5.41) is 13.2. The Hall–Kier alpha value is -1.58. The molecule has 2 rings (SSSR count). The number of anilines is 1. The minimum absolute atomic E-state index is 0.0652. The topological polar surface area (TPSA) is 32.3 Å². The van der Waals surface area contributed by atoms with Gasteiger partial charge >= 0.3 is 0 Å². The van der Waals surface area contributed by atoms with Crippen molar-refractivity contribution in [3.05, 3.63) is 64.4 Å². The number of benzene rings is 2. The fraction of sp³-hybridized carbons (Fsp3) is 0.200. The number of hydrogen-bond acceptors (Lipinski definition) is 2. The van der Waals surface area contributed by atoms with Gasteiger partial charge in [0.1, 0.15) is 5.82 Å². The second-order valence-corrected chi connectivity index (χ2v) is 4.79. The molecule has 0 spiro atoms. The van der Waals surface area contributed by atoms with E-state index in [9.17, 15) is 9.50 Å². The number of hydrogen-bond donors (Lipinski definition) is 2. The Morgan fingerprint density at radius 2 is 2.00 bits per heavy atom. The van der Waals surface area contributed by atoms with Crippen molar-refractivity contribution in [1.29, 1.82) is 0 Å². The van der Waals surface area contributed by atoms with Gasteiger partial charge in [0, 0.05) is 12.2 Å². The molecule has 0 amide bonds. The summed E-state index contributed by atoms with van der Waals surface area (Å²) >= 11 is 5.69. The maximum absolute atomic E-state index is 13.0. The van der Waals surface area contributed by atoms with E-state index in [0.29, 0.717) is 12.2 Å². The van der Waals surface area contributed by atoms with Crippen molar-refractivity contribution in [2.75, 3.05) is 11.9 Å². The molecular weight excluding hydrogens is 265 g/mol. The number of nitrogens with one attached hydrogen (secondary N) is 1. The average Bonchev–Trinajstić information content (AvgIpc) is 2.40. The molecule has 0 saturated heterocycles. The van der Waals surface area contributed by atoms with Crippen LogP contribution < -0.4 is 5.32 Å². The summed E-state index contributed by atoms with van der Waals surface area (Å²) in [5.74, 6) is -0.452. The number of aliphatic hydroxyl groups is 1. The number of rotatable bonds is 4. The van der Waals surface area contributed by atoms with Gasteiger partial charge in [0.05, 0.1) is 11.1 Å². The van der Waals surface area contributed by atoms with E-state index >= 15 is 0 Å². The minimum Gasteiger partial charge on any atom is -0.387 e. The van der Waals surface area contributed by atoms with E-state index in [1.165, 1.54) is 12.1 Å².